The van der Waals surface area contributed by atoms with Crippen LogP contribution in [0.15, 0.2) is 42.5 Å². The SMILES string of the molecule is Fc1ccc(Cc2c[c]c([C@H]3CNCCO3)cc2)cc1. The second kappa shape index (κ2) is 6.16. The molecule has 1 radical (unpaired) electrons. The first-order valence-corrected chi connectivity index (χ1v) is 6.88. The zero-order valence-electron chi connectivity index (χ0n) is 11.2. The molecule has 0 bridgehead atoms. The number of rotatable bonds is 3. The fourth-order valence-corrected chi connectivity index (χ4v) is 2.38. The van der Waals surface area contributed by atoms with Crippen LogP contribution in [0.4, 0.5) is 4.39 Å². The quantitative estimate of drug-likeness (QED) is 0.926. The van der Waals surface area contributed by atoms with Crippen LogP contribution in [-0.2, 0) is 11.2 Å². The van der Waals surface area contributed by atoms with Crippen LogP contribution in [-0.4, -0.2) is 19.7 Å². The van der Waals surface area contributed by atoms with Crippen molar-refractivity contribution in [2.75, 3.05) is 19.7 Å². The summed E-state index contributed by atoms with van der Waals surface area (Å²) in [5.74, 6) is -0.197. The summed E-state index contributed by atoms with van der Waals surface area (Å²) < 4.78 is 18.6. The van der Waals surface area contributed by atoms with Crippen LogP contribution in [0.3, 0.4) is 0 Å². The van der Waals surface area contributed by atoms with Crippen LogP contribution in [0.5, 0.6) is 0 Å². The predicted octanol–water partition coefficient (Wildman–Crippen LogP) is 2.88. The van der Waals surface area contributed by atoms with Crippen LogP contribution >= 0.6 is 0 Å². The van der Waals surface area contributed by atoms with E-state index >= 15 is 0 Å². The number of nitrogens with one attached hydrogen (secondary N) is 1. The van der Waals surface area contributed by atoms with Crippen LogP contribution < -0.4 is 5.32 Å². The Kier molecular flexibility index (Phi) is 4.09. The Morgan fingerprint density at radius 3 is 2.60 bits per heavy atom. The van der Waals surface area contributed by atoms with E-state index in [0.29, 0.717) is 0 Å². The van der Waals surface area contributed by atoms with Crippen molar-refractivity contribution >= 4 is 0 Å². The third kappa shape index (κ3) is 3.24. The lowest BCUT2D eigenvalue weighted by molar-refractivity contribution is 0.0275. The van der Waals surface area contributed by atoms with Crippen LogP contribution in [0.1, 0.15) is 22.8 Å². The highest BCUT2D eigenvalue weighted by molar-refractivity contribution is 5.29. The average Bonchev–Trinajstić information content (AvgIpc) is 2.51. The van der Waals surface area contributed by atoms with E-state index in [4.69, 9.17) is 4.74 Å². The highest BCUT2D eigenvalue weighted by Gasteiger charge is 2.15. The van der Waals surface area contributed by atoms with Crippen molar-refractivity contribution in [2.24, 2.45) is 0 Å². The molecule has 1 N–H and O–H groups in total. The highest BCUT2D eigenvalue weighted by atomic mass is 19.1. The van der Waals surface area contributed by atoms with Gasteiger partial charge >= 0.3 is 0 Å². The highest BCUT2D eigenvalue weighted by Crippen LogP contribution is 2.19. The maximum atomic E-state index is 12.9. The smallest absolute Gasteiger partial charge is 0.123 e. The molecule has 1 aliphatic heterocycles. The number of hydrogen-bond acceptors (Lipinski definition) is 2. The summed E-state index contributed by atoms with van der Waals surface area (Å²) in [7, 11) is 0. The molecule has 20 heavy (non-hydrogen) atoms. The molecule has 0 unspecified atom stereocenters. The van der Waals surface area contributed by atoms with E-state index in [0.717, 1.165) is 37.2 Å². The molecule has 103 valence electrons. The minimum Gasteiger partial charge on any atom is -0.371 e. The fraction of sp³-hybridized carbons (Fsp3) is 0.294. The van der Waals surface area contributed by atoms with Crippen molar-refractivity contribution in [3.63, 3.8) is 0 Å². The summed E-state index contributed by atoms with van der Waals surface area (Å²) in [6.45, 7) is 2.50. The molecule has 0 aromatic heterocycles. The largest absolute Gasteiger partial charge is 0.371 e. The standard InChI is InChI=1S/C17H17FNO/c18-16-7-3-14(4-8-16)11-13-1-5-15(6-2-13)17-12-19-9-10-20-17/h1-5,7-8,17,19H,9-12H2/t17-/m1/s1. The molecule has 0 amide bonds. The first kappa shape index (κ1) is 13.3. The molecule has 3 heteroatoms. The Labute approximate surface area is 118 Å². The van der Waals surface area contributed by atoms with E-state index < -0.39 is 0 Å². The zero-order valence-corrected chi connectivity index (χ0v) is 11.2. The molecule has 1 aliphatic rings. The summed E-state index contributed by atoms with van der Waals surface area (Å²) in [5, 5.41) is 3.31. The van der Waals surface area contributed by atoms with Gasteiger partial charge < -0.3 is 10.1 Å². The molecule has 2 nitrogen and oxygen atoms in total. The summed E-state index contributed by atoms with van der Waals surface area (Å²) in [6.07, 6.45) is 0.893. The van der Waals surface area contributed by atoms with Gasteiger partial charge in [-0.1, -0.05) is 30.3 Å². The molecular weight excluding hydrogens is 253 g/mol. The molecule has 1 atom stereocenters. The molecule has 2 aromatic carbocycles. The maximum Gasteiger partial charge on any atom is 0.123 e. The van der Waals surface area contributed by atoms with Gasteiger partial charge in [0.1, 0.15) is 5.82 Å². The molecule has 1 heterocycles. The lowest BCUT2D eigenvalue weighted by Crippen LogP contribution is -2.33. The number of benzene rings is 2. The molecule has 2 aromatic rings. The molecule has 3 rings (SSSR count). The Morgan fingerprint density at radius 1 is 1.15 bits per heavy atom. The predicted molar refractivity (Wildman–Crippen MR) is 76.0 cm³/mol. The normalized spacial score (nSPS) is 18.9. The van der Waals surface area contributed by atoms with Gasteiger partial charge in [-0.05, 0) is 41.3 Å². The van der Waals surface area contributed by atoms with Gasteiger partial charge in [0, 0.05) is 13.1 Å². The first-order chi connectivity index (χ1) is 9.81. The molecule has 0 spiro atoms. The number of halogens is 1. The van der Waals surface area contributed by atoms with E-state index in [1.165, 1.54) is 17.7 Å². The summed E-state index contributed by atoms with van der Waals surface area (Å²) in [5.41, 5.74) is 3.35. The zero-order chi connectivity index (χ0) is 13.8. The van der Waals surface area contributed by atoms with Gasteiger partial charge in [0.05, 0.1) is 12.7 Å². The summed E-state index contributed by atoms with van der Waals surface area (Å²) in [6, 6.07) is 16.1. The minimum atomic E-state index is -0.197. The minimum absolute atomic E-state index is 0.101. The van der Waals surface area contributed by atoms with Crippen molar-refractivity contribution in [3.05, 3.63) is 71.0 Å². The third-order valence-corrected chi connectivity index (χ3v) is 3.50. The number of morpholine rings is 1. The van der Waals surface area contributed by atoms with E-state index in [-0.39, 0.29) is 11.9 Å². The van der Waals surface area contributed by atoms with Crippen molar-refractivity contribution < 1.29 is 9.13 Å². The molecule has 0 saturated carbocycles. The van der Waals surface area contributed by atoms with Crippen molar-refractivity contribution in [1.82, 2.24) is 5.32 Å². The molecule has 1 fully saturated rings. The van der Waals surface area contributed by atoms with Gasteiger partial charge in [-0.3, -0.25) is 0 Å². The van der Waals surface area contributed by atoms with E-state index in [1.807, 2.05) is 18.2 Å². The van der Waals surface area contributed by atoms with E-state index in [2.05, 4.69) is 23.5 Å². The Hall–Kier alpha value is -1.71. The first-order valence-electron chi connectivity index (χ1n) is 6.88. The lowest BCUT2D eigenvalue weighted by atomic mass is 10.0. The van der Waals surface area contributed by atoms with Crippen molar-refractivity contribution in [1.29, 1.82) is 0 Å². The van der Waals surface area contributed by atoms with Crippen LogP contribution in [0.2, 0.25) is 0 Å². The second-order valence-electron chi connectivity index (χ2n) is 5.02. The molecule has 0 aliphatic carbocycles. The summed E-state index contributed by atoms with van der Waals surface area (Å²) >= 11 is 0. The summed E-state index contributed by atoms with van der Waals surface area (Å²) in [4.78, 5) is 0. The monoisotopic (exact) mass is 270 g/mol. The van der Waals surface area contributed by atoms with E-state index in [1.54, 1.807) is 0 Å². The fourth-order valence-electron chi connectivity index (χ4n) is 2.38. The van der Waals surface area contributed by atoms with Crippen LogP contribution in [0, 0.1) is 11.9 Å². The van der Waals surface area contributed by atoms with Gasteiger partial charge in [0.15, 0.2) is 0 Å². The van der Waals surface area contributed by atoms with Crippen molar-refractivity contribution in [3.8, 4) is 0 Å². The van der Waals surface area contributed by atoms with Gasteiger partial charge in [-0.2, -0.15) is 0 Å². The lowest BCUT2D eigenvalue weighted by Gasteiger charge is -2.23. The van der Waals surface area contributed by atoms with Gasteiger partial charge in [0.25, 0.3) is 0 Å². The van der Waals surface area contributed by atoms with Crippen molar-refractivity contribution in [2.45, 2.75) is 12.5 Å². The number of ether oxygens (including phenoxy) is 1. The topological polar surface area (TPSA) is 21.3 Å². The van der Waals surface area contributed by atoms with Gasteiger partial charge in [0.2, 0.25) is 0 Å². The maximum absolute atomic E-state index is 12.9. The van der Waals surface area contributed by atoms with Gasteiger partial charge in [-0.25, -0.2) is 4.39 Å². The van der Waals surface area contributed by atoms with E-state index in [9.17, 15) is 4.39 Å². The number of hydrogen-bond donors (Lipinski definition) is 1. The Balaban J connectivity index is 1.67. The molecular formula is C17H17FNO. The average molecular weight is 270 g/mol. The third-order valence-electron chi connectivity index (χ3n) is 3.50. The Bertz CT molecular complexity index is 544. The molecule has 1 saturated heterocycles. The van der Waals surface area contributed by atoms with Gasteiger partial charge in [-0.15, -0.1) is 0 Å². The Morgan fingerprint density at radius 2 is 1.95 bits per heavy atom. The second-order valence-corrected chi connectivity index (χ2v) is 5.02. The van der Waals surface area contributed by atoms with Crippen LogP contribution in [0.25, 0.3) is 0 Å².